The smallest absolute Gasteiger partial charge is 0.171 e. The highest BCUT2D eigenvalue weighted by molar-refractivity contribution is 9.10. The van der Waals surface area contributed by atoms with E-state index in [2.05, 4.69) is 33.2 Å². The van der Waals surface area contributed by atoms with Crippen LogP contribution in [0.5, 0.6) is 11.5 Å². The van der Waals surface area contributed by atoms with Crippen molar-refractivity contribution in [1.29, 1.82) is 0 Å². The summed E-state index contributed by atoms with van der Waals surface area (Å²) in [6, 6.07) is 11.6. The highest BCUT2D eigenvalue weighted by Crippen LogP contribution is 2.30. The van der Waals surface area contributed by atoms with E-state index in [1.165, 1.54) is 17.5 Å². The number of rotatable bonds is 3. The van der Waals surface area contributed by atoms with Gasteiger partial charge in [-0.15, -0.1) is 0 Å². The summed E-state index contributed by atoms with van der Waals surface area (Å²) in [5.41, 5.74) is 9.01. The Morgan fingerprint density at radius 2 is 1.81 bits per heavy atom. The zero-order chi connectivity index (χ0) is 14.8. The number of nitrogens with two attached hydrogens (primary N) is 1. The number of amidine groups is 1. The molecular formula is C16H15BrN2O2. The van der Waals surface area contributed by atoms with Gasteiger partial charge in [0.1, 0.15) is 11.5 Å². The van der Waals surface area contributed by atoms with Gasteiger partial charge >= 0.3 is 0 Å². The standard InChI is InChI=1S/C16H15BrN2O2/c17-15-9-13(6-7-14(15)16(18)19-20)21-12-5-4-10-2-1-3-11(10)8-12/h4-9,20H,1-3H2,(H2,18,19). The van der Waals surface area contributed by atoms with E-state index >= 15 is 0 Å². The molecule has 1 aliphatic carbocycles. The van der Waals surface area contributed by atoms with Crippen LogP contribution in [0.25, 0.3) is 0 Å². The molecule has 0 bridgehead atoms. The molecule has 0 heterocycles. The van der Waals surface area contributed by atoms with Crippen LogP contribution in [0.2, 0.25) is 0 Å². The van der Waals surface area contributed by atoms with Crippen molar-refractivity contribution < 1.29 is 9.94 Å². The molecule has 1 aliphatic rings. The van der Waals surface area contributed by atoms with Gasteiger partial charge in [-0.05, 0) is 76.7 Å². The van der Waals surface area contributed by atoms with Crippen LogP contribution >= 0.6 is 15.9 Å². The van der Waals surface area contributed by atoms with Crippen LogP contribution in [0, 0.1) is 0 Å². The maximum absolute atomic E-state index is 8.72. The summed E-state index contributed by atoms with van der Waals surface area (Å²) < 4.78 is 6.60. The van der Waals surface area contributed by atoms with E-state index in [0.29, 0.717) is 11.3 Å². The monoisotopic (exact) mass is 346 g/mol. The molecule has 0 unspecified atom stereocenters. The molecule has 0 saturated carbocycles. The Hall–Kier alpha value is -2.01. The number of aryl methyl sites for hydroxylation is 2. The van der Waals surface area contributed by atoms with Gasteiger partial charge in [0, 0.05) is 10.0 Å². The molecule has 3 rings (SSSR count). The predicted molar refractivity (Wildman–Crippen MR) is 85.2 cm³/mol. The normalized spacial score (nSPS) is 14.0. The molecule has 2 aromatic rings. The van der Waals surface area contributed by atoms with Gasteiger partial charge in [-0.3, -0.25) is 0 Å². The van der Waals surface area contributed by atoms with Crippen molar-refractivity contribution in [2.75, 3.05) is 0 Å². The minimum absolute atomic E-state index is 0.0611. The lowest BCUT2D eigenvalue weighted by molar-refractivity contribution is 0.318. The average Bonchev–Trinajstić information content (AvgIpc) is 2.94. The van der Waals surface area contributed by atoms with E-state index in [0.717, 1.165) is 23.1 Å². The van der Waals surface area contributed by atoms with E-state index in [-0.39, 0.29) is 5.84 Å². The molecule has 0 fully saturated rings. The second kappa shape index (κ2) is 5.77. The zero-order valence-corrected chi connectivity index (χ0v) is 12.9. The van der Waals surface area contributed by atoms with Crippen molar-refractivity contribution in [3.63, 3.8) is 0 Å². The molecule has 5 heteroatoms. The fourth-order valence-corrected chi connectivity index (χ4v) is 3.13. The predicted octanol–water partition coefficient (Wildman–Crippen LogP) is 3.82. The van der Waals surface area contributed by atoms with Gasteiger partial charge in [-0.1, -0.05) is 11.2 Å². The van der Waals surface area contributed by atoms with Crippen LogP contribution in [-0.4, -0.2) is 11.0 Å². The molecule has 0 aliphatic heterocycles. The van der Waals surface area contributed by atoms with Gasteiger partial charge in [-0.2, -0.15) is 0 Å². The third-order valence-electron chi connectivity index (χ3n) is 3.63. The summed E-state index contributed by atoms with van der Waals surface area (Å²) in [5.74, 6) is 1.60. The third-order valence-corrected chi connectivity index (χ3v) is 4.29. The molecule has 0 amide bonds. The number of oxime groups is 1. The Labute approximate surface area is 131 Å². The number of benzene rings is 2. The van der Waals surface area contributed by atoms with Gasteiger partial charge in [0.2, 0.25) is 0 Å². The lowest BCUT2D eigenvalue weighted by atomic mass is 10.1. The Balaban J connectivity index is 1.84. The molecule has 0 atom stereocenters. The largest absolute Gasteiger partial charge is 0.457 e. The highest BCUT2D eigenvalue weighted by Gasteiger charge is 2.12. The average molecular weight is 347 g/mol. The minimum Gasteiger partial charge on any atom is -0.457 e. The van der Waals surface area contributed by atoms with Crippen LogP contribution < -0.4 is 10.5 Å². The van der Waals surface area contributed by atoms with E-state index in [1.807, 2.05) is 6.07 Å². The Kier molecular flexibility index (Phi) is 3.84. The maximum atomic E-state index is 8.72. The second-order valence-electron chi connectivity index (χ2n) is 5.01. The third kappa shape index (κ3) is 2.88. The van der Waals surface area contributed by atoms with Crippen LogP contribution in [0.4, 0.5) is 0 Å². The van der Waals surface area contributed by atoms with E-state index in [1.54, 1.807) is 18.2 Å². The minimum atomic E-state index is 0.0611. The van der Waals surface area contributed by atoms with E-state index < -0.39 is 0 Å². The fraction of sp³-hybridized carbons (Fsp3) is 0.188. The van der Waals surface area contributed by atoms with Gasteiger partial charge in [-0.25, -0.2) is 0 Å². The summed E-state index contributed by atoms with van der Waals surface area (Å²) in [4.78, 5) is 0. The van der Waals surface area contributed by atoms with Crippen molar-refractivity contribution in [2.45, 2.75) is 19.3 Å². The molecule has 2 aromatic carbocycles. The van der Waals surface area contributed by atoms with Crippen molar-refractivity contribution in [1.82, 2.24) is 0 Å². The molecule has 108 valence electrons. The first kappa shape index (κ1) is 13.9. The lowest BCUT2D eigenvalue weighted by Gasteiger charge is -2.10. The zero-order valence-electron chi connectivity index (χ0n) is 11.3. The van der Waals surface area contributed by atoms with Gasteiger partial charge in [0.15, 0.2) is 5.84 Å². The maximum Gasteiger partial charge on any atom is 0.171 e. The van der Waals surface area contributed by atoms with Crippen LogP contribution in [0.15, 0.2) is 46.0 Å². The summed E-state index contributed by atoms with van der Waals surface area (Å²) in [6.45, 7) is 0. The van der Waals surface area contributed by atoms with E-state index in [9.17, 15) is 0 Å². The van der Waals surface area contributed by atoms with Gasteiger partial charge < -0.3 is 15.7 Å². The SMILES string of the molecule is N/C(=N/O)c1ccc(Oc2ccc3c(c2)CCC3)cc1Br. The number of ether oxygens (including phenoxy) is 1. The number of nitrogens with zero attached hydrogens (tertiary/aromatic N) is 1. The van der Waals surface area contributed by atoms with Crippen molar-refractivity contribution in [3.8, 4) is 11.5 Å². The summed E-state index contributed by atoms with van der Waals surface area (Å²) in [5, 5.41) is 11.7. The summed E-state index contributed by atoms with van der Waals surface area (Å²) in [6.07, 6.45) is 3.51. The van der Waals surface area contributed by atoms with Crippen molar-refractivity contribution in [3.05, 3.63) is 57.6 Å². The molecule has 0 aromatic heterocycles. The van der Waals surface area contributed by atoms with Gasteiger partial charge in [0.25, 0.3) is 0 Å². The quantitative estimate of drug-likeness (QED) is 0.384. The molecule has 4 nitrogen and oxygen atoms in total. The molecule has 0 saturated heterocycles. The van der Waals surface area contributed by atoms with Crippen LogP contribution in [0.1, 0.15) is 23.1 Å². The molecule has 0 radical (unpaired) electrons. The number of hydrogen-bond acceptors (Lipinski definition) is 3. The molecule has 21 heavy (non-hydrogen) atoms. The first-order valence-corrected chi connectivity index (χ1v) is 7.54. The topological polar surface area (TPSA) is 67.8 Å². The number of hydrogen-bond donors (Lipinski definition) is 2. The lowest BCUT2D eigenvalue weighted by Crippen LogP contribution is -2.13. The van der Waals surface area contributed by atoms with Crippen molar-refractivity contribution >= 4 is 21.8 Å². The number of fused-ring (bicyclic) bond motifs is 1. The molecule has 0 spiro atoms. The summed E-state index contributed by atoms with van der Waals surface area (Å²) in [7, 11) is 0. The second-order valence-corrected chi connectivity index (χ2v) is 5.87. The van der Waals surface area contributed by atoms with E-state index in [4.69, 9.17) is 15.7 Å². The molecular weight excluding hydrogens is 332 g/mol. The van der Waals surface area contributed by atoms with Gasteiger partial charge in [0.05, 0.1) is 0 Å². The Morgan fingerprint density at radius 1 is 1.10 bits per heavy atom. The fourth-order valence-electron chi connectivity index (χ4n) is 2.57. The Morgan fingerprint density at radius 3 is 2.57 bits per heavy atom. The highest BCUT2D eigenvalue weighted by atomic mass is 79.9. The van der Waals surface area contributed by atoms with Crippen LogP contribution in [-0.2, 0) is 12.8 Å². The van der Waals surface area contributed by atoms with Crippen molar-refractivity contribution in [2.24, 2.45) is 10.9 Å². The van der Waals surface area contributed by atoms with Crippen LogP contribution in [0.3, 0.4) is 0 Å². The first-order valence-electron chi connectivity index (χ1n) is 6.74. The first-order chi connectivity index (χ1) is 10.2. The Bertz CT molecular complexity index is 713. The molecule has 3 N–H and O–H groups in total. The number of halogens is 1. The summed E-state index contributed by atoms with van der Waals surface area (Å²) >= 11 is 3.40.